The summed E-state index contributed by atoms with van der Waals surface area (Å²) in [6, 6.07) is 9.04. The Morgan fingerprint density at radius 2 is 1.90 bits per heavy atom. The van der Waals surface area contributed by atoms with Crippen molar-refractivity contribution in [2.75, 3.05) is 32.8 Å². The predicted molar refractivity (Wildman–Crippen MR) is 86.2 cm³/mol. The van der Waals surface area contributed by atoms with Crippen molar-refractivity contribution in [2.24, 2.45) is 0 Å². The van der Waals surface area contributed by atoms with Crippen molar-refractivity contribution in [3.05, 3.63) is 24.3 Å². The molecule has 1 saturated heterocycles. The van der Waals surface area contributed by atoms with Crippen LogP contribution in [-0.4, -0.2) is 49.8 Å². The number of hydrogen-bond acceptors (Lipinski definition) is 4. The number of rotatable bonds is 6. The lowest BCUT2D eigenvalue weighted by Gasteiger charge is -2.28. The molecule has 1 heterocycles. The molecule has 2 unspecified atom stereocenters. The first kappa shape index (κ1) is 16.1. The quantitative estimate of drug-likeness (QED) is 0.873. The fourth-order valence-corrected chi connectivity index (χ4v) is 2.75. The summed E-state index contributed by atoms with van der Waals surface area (Å²) in [7, 11) is 0. The van der Waals surface area contributed by atoms with Crippen LogP contribution >= 0.6 is 0 Å². The van der Waals surface area contributed by atoms with Gasteiger partial charge in [0.15, 0.2) is 11.5 Å². The van der Waals surface area contributed by atoms with Crippen molar-refractivity contribution in [1.29, 1.82) is 0 Å². The van der Waals surface area contributed by atoms with Gasteiger partial charge in [0.05, 0.1) is 6.61 Å². The average Bonchev–Trinajstić information content (AvgIpc) is 2.63. The monoisotopic (exact) mass is 292 g/mol. The molecule has 2 atom stereocenters. The first-order valence-corrected chi connectivity index (χ1v) is 8.02. The maximum atomic E-state index is 5.93. The van der Waals surface area contributed by atoms with Gasteiger partial charge in [0.1, 0.15) is 6.61 Å². The zero-order valence-electron chi connectivity index (χ0n) is 13.5. The maximum absolute atomic E-state index is 5.93. The van der Waals surface area contributed by atoms with E-state index >= 15 is 0 Å². The van der Waals surface area contributed by atoms with Crippen LogP contribution in [-0.2, 0) is 0 Å². The van der Waals surface area contributed by atoms with Gasteiger partial charge in [-0.1, -0.05) is 12.1 Å². The second kappa shape index (κ2) is 8.25. The van der Waals surface area contributed by atoms with E-state index in [1.165, 1.54) is 6.42 Å². The number of benzene rings is 1. The van der Waals surface area contributed by atoms with E-state index in [0.717, 1.165) is 31.1 Å². The summed E-state index contributed by atoms with van der Waals surface area (Å²) in [5, 5.41) is 3.54. The van der Waals surface area contributed by atoms with E-state index in [1.54, 1.807) is 0 Å². The van der Waals surface area contributed by atoms with Crippen molar-refractivity contribution < 1.29 is 9.47 Å². The molecule has 0 radical (unpaired) electrons. The highest BCUT2D eigenvalue weighted by Gasteiger charge is 2.20. The lowest BCUT2D eigenvalue weighted by Crippen LogP contribution is -2.40. The lowest BCUT2D eigenvalue weighted by atomic mass is 10.2. The van der Waals surface area contributed by atoms with E-state index in [1.807, 2.05) is 31.2 Å². The zero-order chi connectivity index (χ0) is 15.1. The summed E-state index contributed by atoms with van der Waals surface area (Å²) in [6.07, 6.45) is 1.19. The van der Waals surface area contributed by atoms with E-state index in [-0.39, 0.29) is 0 Å². The van der Waals surface area contributed by atoms with E-state index < -0.39 is 0 Å². The highest BCUT2D eigenvalue weighted by atomic mass is 16.5. The summed E-state index contributed by atoms with van der Waals surface area (Å²) in [5.41, 5.74) is 0. The predicted octanol–water partition coefficient (Wildman–Crippen LogP) is 2.54. The summed E-state index contributed by atoms with van der Waals surface area (Å²) in [5.74, 6) is 1.67. The molecule has 1 aromatic carbocycles. The van der Waals surface area contributed by atoms with E-state index in [2.05, 4.69) is 24.1 Å². The van der Waals surface area contributed by atoms with E-state index in [9.17, 15) is 0 Å². The third-order valence-electron chi connectivity index (χ3n) is 3.97. The first-order valence-electron chi connectivity index (χ1n) is 8.02. The Bertz CT molecular complexity index is 425. The molecular weight excluding hydrogens is 264 g/mol. The molecule has 0 amide bonds. The molecule has 2 rings (SSSR count). The van der Waals surface area contributed by atoms with Gasteiger partial charge in [0.2, 0.25) is 0 Å². The lowest BCUT2D eigenvalue weighted by molar-refractivity contribution is 0.164. The molecule has 0 aromatic heterocycles. The molecule has 0 saturated carbocycles. The number of nitrogens with one attached hydrogen (secondary N) is 1. The summed E-state index contributed by atoms with van der Waals surface area (Å²) >= 11 is 0. The Labute approximate surface area is 128 Å². The normalized spacial score (nSPS) is 23.6. The highest BCUT2D eigenvalue weighted by molar-refractivity contribution is 5.39. The number of hydrogen-bond donors (Lipinski definition) is 1. The van der Waals surface area contributed by atoms with Gasteiger partial charge in [0, 0.05) is 25.2 Å². The third-order valence-corrected chi connectivity index (χ3v) is 3.97. The average molecular weight is 292 g/mol. The molecule has 0 spiro atoms. The number of para-hydroxylation sites is 2. The Hall–Kier alpha value is -1.26. The second-order valence-corrected chi connectivity index (χ2v) is 5.72. The van der Waals surface area contributed by atoms with Crippen LogP contribution in [0.3, 0.4) is 0 Å². The molecule has 0 bridgehead atoms. The third kappa shape index (κ3) is 4.90. The minimum Gasteiger partial charge on any atom is -0.490 e. The summed E-state index contributed by atoms with van der Waals surface area (Å²) in [4.78, 5) is 2.51. The second-order valence-electron chi connectivity index (χ2n) is 5.72. The molecule has 118 valence electrons. The van der Waals surface area contributed by atoms with Crippen LogP contribution in [0.15, 0.2) is 24.3 Å². The van der Waals surface area contributed by atoms with Crippen LogP contribution in [0.25, 0.3) is 0 Å². The summed E-state index contributed by atoms with van der Waals surface area (Å²) in [6.45, 7) is 11.0. The minimum absolute atomic E-state index is 0.547. The molecule has 1 N–H and O–H groups in total. The topological polar surface area (TPSA) is 33.7 Å². The van der Waals surface area contributed by atoms with Crippen molar-refractivity contribution in [3.63, 3.8) is 0 Å². The molecule has 1 aliphatic rings. The Morgan fingerprint density at radius 1 is 1.19 bits per heavy atom. The van der Waals surface area contributed by atoms with E-state index in [0.29, 0.717) is 25.3 Å². The van der Waals surface area contributed by atoms with Gasteiger partial charge in [-0.25, -0.2) is 0 Å². The smallest absolute Gasteiger partial charge is 0.161 e. The fraction of sp³-hybridized carbons (Fsp3) is 0.647. The first-order chi connectivity index (χ1) is 10.2. The Morgan fingerprint density at radius 3 is 2.62 bits per heavy atom. The highest BCUT2D eigenvalue weighted by Crippen LogP contribution is 2.26. The largest absolute Gasteiger partial charge is 0.490 e. The van der Waals surface area contributed by atoms with Crippen molar-refractivity contribution in [2.45, 2.75) is 39.3 Å². The van der Waals surface area contributed by atoms with Gasteiger partial charge in [-0.15, -0.1) is 0 Å². The maximum Gasteiger partial charge on any atom is 0.161 e. The molecule has 0 aliphatic carbocycles. The Balaban J connectivity index is 1.85. The standard InChI is InChI=1S/C17H28N2O2/c1-4-20-16-7-5-6-8-17(16)21-12-11-19-13-14(2)18-10-9-15(19)3/h5-8,14-15,18H,4,9-13H2,1-3H3. The van der Waals surface area contributed by atoms with Crippen molar-refractivity contribution in [1.82, 2.24) is 10.2 Å². The van der Waals surface area contributed by atoms with E-state index in [4.69, 9.17) is 9.47 Å². The molecule has 4 heteroatoms. The molecule has 4 nitrogen and oxygen atoms in total. The zero-order valence-corrected chi connectivity index (χ0v) is 13.5. The molecule has 1 aromatic rings. The Kier molecular flexibility index (Phi) is 6.33. The van der Waals surface area contributed by atoms with Gasteiger partial charge >= 0.3 is 0 Å². The van der Waals surface area contributed by atoms with Crippen molar-refractivity contribution in [3.8, 4) is 11.5 Å². The van der Waals surface area contributed by atoms with Crippen LogP contribution in [0.5, 0.6) is 11.5 Å². The van der Waals surface area contributed by atoms with Crippen LogP contribution in [0.2, 0.25) is 0 Å². The number of nitrogens with zero attached hydrogens (tertiary/aromatic N) is 1. The number of ether oxygens (including phenoxy) is 2. The molecule has 21 heavy (non-hydrogen) atoms. The van der Waals surface area contributed by atoms with Gasteiger partial charge in [-0.3, -0.25) is 4.90 Å². The molecule has 1 aliphatic heterocycles. The van der Waals surface area contributed by atoms with Gasteiger partial charge in [0.25, 0.3) is 0 Å². The minimum atomic E-state index is 0.547. The SMILES string of the molecule is CCOc1ccccc1OCCN1CC(C)NCCC1C. The van der Waals surface area contributed by atoms with Crippen molar-refractivity contribution >= 4 is 0 Å². The van der Waals surface area contributed by atoms with Crippen LogP contribution in [0, 0.1) is 0 Å². The molecular formula is C17H28N2O2. The van der Waals surface area contributed by atoms with Crippen LogP contribution in [0.4, 0.5) is 0 Å². The summed E-state index contributed by atoms with van der Waals surface area (Å²) < 4.78 is 11.5. The van der Waals surface area contributed by atoms with Crippen LogP contribution < -0.4 is 14.8 Å². The fourth-order valence-electron chi connectivity index (χ4n) is 2.75. The van der Waals surface area contributed by atoms with Gasteiger partial charge in [-0.05, 0) is 45.9 Å². The van der Waals surface area contributed by atoms with Gasteiger partial charge < -0.3 is 14.8 Å². The van der Waals surface area contributed by atoms with Crippen LogP contribution in [0.1, 0.15) is 27.2 Å². The molecule has 1 fully saturated rings. The van der Waals surface area contributed by atoms with Gasteiger partial charge in [-0.2, -0.15) is 0 Å².